The number of hydrogen-bond donors (Lipinski definition) is 2. The molecule has 1 aromatic carbocycles. The standard InChI is InChI=1S/C17H23N3O3S/c1-23-15-5-3-2-4-13(15)16(21)19-10-12-8-14(18-9-12)17(22)20-6-7-24-11-20/h2-5,12,14,18H,6-11H2,1H3,(H,19,21)/t12?,14-/m0/s1. The molecule has 2 saturated heterocycles. The fourth-order valence-electron chi connectivity index (χ4n) is 3.13. The maximum atomic E-state index is 12.4. The van der Waals surface area contributed by atoms with Crippen molar-refractivity contribution < 1.29 is 14.3 Å². The Bertz CT molecular complexity index is 604. The topological polar surface area (TPSA) is 70.7 Å². The molecule has 0 radical (unpaired) electrons. The summed E-state index contributed by atoms with van der Waals surface area (Å²) in [5, 5.41) is 6.25. The lowest BCUT2D eigenvalue weighted by Gasteiger charge is -2.19. The summed E-state index contributed by atoms with van der Waals surface area (Å²) in [6.07, 6.45) is 0.770. The minimum atomic E-state index is -0.141. The van der Waals surface area contributed by atoms with Crippen molar-refractivity contribution >= 4 is 23.6 Å². The SMILES string of the molecule is COc1ccccc1C(=O)NCC1CN[C@H](C(=O)N2CCSC2)C1. The molecule has 2 atom stereocenters. The smallest absolute Gasteiger partial charge is 0.255 e. The van der Waals surface area contributed by atoms with E-state index in [-0.39, 0.29) is 23.8 Å². The fraction of sp³-hybridized carbons (Fsp3) is 0.529. The molecule has 3 rings (SSSR count). The molecule has 0 aromatic heterocycles. The van der Waals surface area contributed by atoms with E-state index in [1.165, 1.54) is 0 Å². The molecule has 0 saturated carbocycles. The van der Waals surface area contributed by atoms with Crippen molar-refractivity contribution in [3.8, 4) is 5.75 Å². The van der Waals surface area contributed by atoms with Crippen molar-refractivity contribution in [2.24, 2.45) is 5.92 Å². The third-order valence-corrected chi connectivity index (χ3v) is 5.45. The molecule has 2 amide bonds. The molecule has 24 heavy (non-hydrogen) atoms. The van der Waals surface area contributed by atoms with Crippen LogP contribution in [-0.2, 0) is 4.79 Å². The van der Waals surface area contributed by atoms with Gasteiger partial charge in [0.1, 0.15) is 5.75 Å². The normalized spacial score (nSPS) is 23.3. The van der Waals surface area contributed by atoms with Gasteiger partial charge in [0, 0.05) is 25.4 Å². The number of hydrogen-bond acceptors (Lipinski definition) is 5. The summed E-state index contributed by atoms with van der Waals surface area (Å²) in [6.45, 7) is 2.16. The molecule has 2 N–H and O–H groups in total. The summed E-state index contributed by atoms with van der Waals surface area (Å²) in [5.41, 5.74) is 0.535. The van der Waals surface area contributed by atoms with Crippen LogP contribution in [0.15, 0.2) is 24.3 Å². The maximum absolute atomic E-state index is 12.4. The number of methoxy groups -OCH3 is 1. The molecule has 2 heterocycles. The Morgan fingerprint density at radius 1 is 1.42 bits per heavy atom. The highest BCUT2D eigenvalue weighted by atomic mass is 32.2. The number of nitrogens with zero attached hydrogens (tertiary/aromatic N) is 1. The number of thioether (sulfide) groups is 1. The van der Waals surface area contributed by atoms with Gasteiger partial charge in [-0.2, -0.15) is 0 Å². The van der Waals surface area contributed by atoms with E-state index in [4.69, 9.17) is 4.74 Å². The van der Waals surface area contributed by atoms with E-state index in [0.29, 0.717) is 17.9 Å². The van der Waals surface area contributed by atoms with Gasteiger partial charge in [-0.25, -0.2) is 0 Å². The molecular weight excluding hydrogens is 326 g/mol. The molecule has 2 fully saturated rings. The molecule has 1 unspecified atom stereocenters. The number of rotatable bonds is 5. The Labute approximate surface area is 146 Å². The lowest BCUT2D eigenvalue weighted by Crippen LogP contribution is -2.42. The predicted octanol–water partition coefficient (Wildman–Crippen LogP) is 0.936. The largest absolute Gasteiger partial charge is 0.496 e. The first-order chi connectivity index (χ1) is 11.7. The molecule has 130 valence electrons. The fourth-order valence-corrected chi connectivity index (χ4v) is 4.08. The number of amides is 2. The zero-order valence-electron chi connectivity index (χ0n) is 13.8. The molecule has 0 bridgehead atoms. The van der Waals surface area contributed by atoms with Gasteiger partial charge in [0.05, 0.1) is 24.6 Å². The predicted molar refractivity (Wildman–Crippen MR) is 94.3 cm³/mol. The summed E-state index contributed by atoms with van der Waals surface area (Å²) < 4.78 is 5.22. The van der Waals surface area contributed by atoms with E-state index >= 15 is 0 Å². The van der Waals surface area contributed by atoms with Crippen LogP contribution in [0.2, 0.25) is 0 Å². The van der Waals surface area contributed by atoms with E-state index in [9.17, 15) is 9.59 Å². The molecule has 6 nitrogen and oxygen atoms in total. The van der Waals surface area contributed by atoms with E-state index in [0.717, 1.165) is 31.1 Å². The first kappa shape index (κ1) is 17.1. The quantitative estimate of drug-likeness (QED) is 0.828. The summed E-state index contributed by atoms with van der Waals surface area (Å²) >= 11 is 1.79. The van der Waals surface area contributed by atoms with Crippen molar-refractivity contribution in [1.82, 2.24) is 15.5 Å². The summed E-state index contributed by atoms with van der Waals surface area (Å²) in [7, 11) is 1.56. The van der Waals surface area contributed by atoms with Crippen molar-refractivity contribution in [3.63, 3.8) is 0 Å². The van der Waals surface area contributed by atoms with E-state index in [1.807, 2.05) is 17.0 Å². The molecule has 7 heteroatoms. The second kappa shape index (κ2) is 7.90. The summed E-state index contributed by atoms with van der Waals surface area (Å²) in [4.78, 5) is 26.6. The van der Waals surface area contributed by atoms with Gasteiger partial charge in [-0.05, 0) is 24.5 Å². The second-order valence-electron chi connectivity index (χ2n) is 6.11. The average Bonchev–Trinajstić information content (AvgIpc) is 3.30. The van der Waals surface area contributed by atoms with Crippen molar-refractivity contribution in [2.45, 2.75) is 12.5 Å². The van der Waals surface area contributed by atoms with Gasteiger partial charge in [0.2, 0.25) is 5.91 Å². The lowest BCUT2D eigenvalue weighted by atomic mass is 10.0. The minimum Gasteiger partial charge on any atom is -0.496 e. The molecule has 0 aliphatic carbocycles. The third kappa shape index (κ3) is 3.84. The van der Waals surface area contributed by atoms with E-state index < -0.39 is 0 Å². The first-order valence-corrected chi connectivity index (χ1v) is 9.35. The van der Waals surface area contributed by atoms with Crippen LogP contribution in [0.3, 0.4) is 0 Å². The van der Waals surface area contributed by atoms with Gasteiger partial charge in [-0.1, -0.05) is 12.1 Å². The van der Waals surface area contributed by atoms with E-state index in [1.54, 1.807) is 31.0 Å². The van der Waals surface area contributed by atoms with Crippen molar-refractivity contribution in [3.05, 3.63) is 29.8 Å². The number of para-hydroxylation sites is 1. The van der Waals surface area contributed by atoms with Gasteiger partial charge in [-0.3, -0.25) is 9.59 Å². The number of carbonyl (C=O) groups is 2. The van der Waals surface area contributed by atoms with Gasteiger partial charge in [-0.15, -0.1) is 11.8 Å². The number of carbonyl (C=O) groups excluding carboxylic acids is 2. The molecule has 0 spiro atoms. The minimum absolute atomic E-state index is 0.114. The number of nitrogens with one attached hydrogen (secondary N) is 2. The van der Waals surface area contributed by atoms with Crippen LogP contribution in [0.1, 0.15) is 16.8 Å². The number of benzene rings is 1. The van der Waals surface area contributed by atoms with Crippen molar-refractivity contribution in [1.29, 1.82) is 0 Å². The molecular formula is C17H23N3O3S. The van der Waals surface area contributed by atoms with Crippen molar-refractivity contribution in [2.75, 3.05) is 38.4 Å². The van der Waals surface area contributed by atoms with Crippen LogP contribution in [0.4, 0.5) is 0 Å². The third-order valence-electron chi connectivity index (χ3n) is 4.49. The Morgan fingerprint density at radius 2 is 2.25 bits per heavy atom. The van der Waals surface area contributed by atoms with Gasteiger partial charge in [0.15, 0.2) is 0 Å². The Kier molecular flexibility index (Phi) is 5.63. The molecule has 2 aliphatic heterocycles. The van der Waals surface area contributed by atoms with Gasteiger partial charge >= 0.3 is 0 Å². The molecule has 1 aromatic rings. The Balaban J connectivity index is 1.49. The highest BCUT2D eigenvalue weighted by molar-refractivity contribution is 7.99. The van der Waals surface area contributed by atoms with Gasteiger partial charge < -0.3 is 20.3 Å². The second-order valence-corrected chi connectivity index (χ2v) is 7.19. The Hall–Kier alpha value is -1.73. The lowest BCUT2D eigenvalue weighted by molar-refractivity contribution is -0.131. The summed E-state index contributed by atoms with van der Waals surface area (Å²) in [5.74, 6) is 2.71. The van der Waals surface area contributed by atoms with Crippen LogP contribution in [0.5, 0.6) is 5.75 Å². The highest BCUT2D eigenvalue weighted by Crippen LogP contribution is 2.21. The van der Waals surface area contributed by atoms with Gasteiger partial charge in [0.25, 0.3) is 5.91 Å². The number of ether oxygens (including phenoxy) is 1. The zero-order chi connectivity index (χ0) is 16.9. The first-order valence-electron chi connectivity index (χ1n) is 8.20. The van der Waals surface area contributed by atoms with Crippen LogP contribution in [0, 0.1) is 5.92 Å². The molecule has 2 aliphatic rings. The van der Waals surface area contributed by atoms with Crippen LogP contribution in [0.25, 0.3) is 0 Å². The highest BCUT2D eigenvalue weighted by Gasteiger charge is 2.33. The average molecular weight is 349 g/mol. The van der Waals surface area contributed by atoms with E-state index in [2.05, 4.69) is 10.6 Å². The van der Waals surface area contributed by atoms with Crippen LogP contribution in [-0.4, -0.2) is 61.1 Å². The Morgan fingerprint density at radius 3 is 3.00 bits per heavy atom. The van der Waals surface area contributed by atoms with Crippen LogP contribution >= 0.6 is 11.8 Å². The zero-order valence-corrected chi connectivity index (χ0v) is 14.6. The van der Waals surface area contributed by atoms with Crippen LogP contribution < -0.4 is 15.4 Å². The monoisotopic (exact) mass is 349 g/mol. The maximum Gasteiger partial charge on any atom is 0.255 e. The summed E-state index contributed by atoms with van der Waals surface area (Å²) in [6, 6.07) is 7.06.